The van der Waals surface area contributed by atoms with Crippen molar-refractivity contribution in [3.05, 3.63) is 72.4 Å². The Morgan fingerprint density at radius 2 is 1.61 bits per heavy atom. The van der Waals surface area contributed by atoms with E-state index in [0.29, 0.717) is 24.3 Å². The van der Waals surface area contributed by atoms with E-state index < -0.39 is 5.97 Å². The fourth-order valence-electron chi connectivity index (χ4n) is 3.72. The molecule has 2 heterocycles. The molecule has 4 rings (SSSR count). The van der Waals surface area contributed by atoms with Crippen molar-refractivity contribution in [2.45, 2.75) is 26.1 Å². The molecule has 1 amide bonds. The zero-order valence-electron chi connectivity index (χ0n) is 17.6. The summed E-state index contributed by atoms with van der Waals surface area (Å²) in [6.45, 7) is 4.50. The van der Waals surface area contributed by atoms with Crippen LogP contribution in [-0.4, -0.2) is 58.5 Å². The van der Waals surface area contributed by atoms with Gasteiger partial charge >= 0.3 is 5.97 Å². The van der Waals surface area contributed by atoms with Crippen LogP contribution in [0.25, 0.3) is 16.9 Å². The molecule has 1 aliphatic heterocycles. The van der Waals surface area contributed by atoms with Gasteiger partial charge in [-0.25, -0.2) is 9.48 Å². The first-order chi connectivity index (χ1) is 15.0. The number of carbonyl (C=O) groups is 2. The lowest BCUT2D eigenvalue weighted by atomic mass is 10.1. The quantitative estimate of drug-likeness (QED) is 0.593. The predicted molar refractivity (Wildman–Crippen MR) is 116 cm³/mol. The molecule has 0 radical (unpaired) electrons. The summed E-state index contributed by atoms with van der Waals surface area (Å²) in [5, 5.41) is 4.61. The monoisotopic (exact) mass is 419 g/mol. The van der Waals surface area contributed by atoms with Gasteiger partial charge in [0.1, 0.15) is 11.3 Å². The van der Waals surface area contributed by atoms with Crippen LogP contribution < -0.4 is 0 Å². The number of hydrogen-bond acceptors (Lipinski definition) is 5. The number of hydrogen-bond donors (Lipinski definition) is 0. The molecule has 7 heteroatoms. The highest BCUT2D eigenvalue weighted by Crippen LogP contribution is 2.24. The fraction of sp³-hybridized carbons (Fsp3) is 0.292. The highest BCUT2D eigenvalue weighted by molar-refractivity contribution is 5.97. The van der Waals surface area contributed by atoms with Crippen molar-refractivity contribution in [3.8, 4) is 16.9 Å². The number of para-hydroxylation sites is 1. The van der Waals surface area contributed by atoms with Gasteiger partial charge in [-0.1, -0.05) is 48.5 Å². The molecule has 160 valence electrons. The molecule has 0 aliphatic carbocycles. The average molecular weight is 419 g/mol. The lowest BCUT2D eigenvalue weighted by Gasteiger charge is -2.35. The Bertz CT molecular complexity index is 1040. The molecule has 0 spiro atoms. The number of amides is 1. The van der Waals surface area contributed by atoms with Crippen LogP contribution in [0.15, 0.2) is 66.9 Å². The van der Waals surface area contributed by atoms with E-state index >= 15 is 0 Å². The minimum Gasteiger partial charge on any atom is -0.452 e. The van der Waals surface area contributed by atoms with Crippen molar-refractivity contribution < 1.29 is 19.1 Å². The van der Waals surface area contributed by atoms with Gasteiger partial charge in [0.2, 0.25) is 0 Å². The number of benzene rings is 2. The maximum atomic E-state index is 12.9. The van der Waals surface area contributed by atoms with Crippen molar-refractivity contribution in [3.63, 3.8) is 0 Å². The summed E-state index contributed by atoms with van der Waals surface area (Å²) in [5.74, 6) is -0.809. The number of rotatable bonds is 5. The van der Waals surface area contributed by atoms with E-state index in [1.807, 2.05) is 74.5 Å². The number of aromatic nitrogens is 2. The molecule has 1 aliphatic rings. The second-order valence-corrected chi connectivity index (χ2v) is 7.67. The second-order valence-electron chi connectivity index (χ2n) is 7.67. The maximum absolute atomic E-state index is 12.9. The van der Waals surface area contributed by atoms with Crippen LogP contribution in [-0.2, 0) is 14.3 Å². The molecule has 2 aromatic carbocycles. The maximum Gasteiger partial charge on any atom is 0.342 e. The average Bonchev–Trinajstić information content (AvgIpc) is 3.23. The van der Waals surface area contributed by atoms with Gasteiger partial charge in [0, 0.05) is 24.8 Å². The van der Waals surface area contributed by atoms with Crippen LogP contribution in [0.1, 0.15) is 24.2 Å². The van der Waals surface area contributed by atoms with Gasteiger partial charge in [0.25, 0.3) is 5.91 Å². The number of nitrogens with zero attached hydrogens (tertiary/aromatic N) is 3. The van der Waals surface area contributed by atoms with Gasteiger partial charge in [-0.2, -0.15) is 5.10 Å². The first-order valence-electron chi connectivity index (χ1n) is 10.3. The summed E-state index contributed by atoms with van der Waals surface area (Å²) < 4.78 is 12.7. The summed E-state index contributed by atoms with van der Waals surface area (Å²) in [6, 6.07) is 19.0. The van der Waals surface area contributed by atoms with Gasteiger partial charge in [0.15, 0.2) is 6.61 Å². The topological polar surface area (TPSA) is 73.7 Å². The van der Waals surface area contributed by atoms with Crippen LogP contribution in [0.3, 0.4) is 0 Å². The molecule has 0 bridgehead atoms. The van der Waals surface area contributed by atoms with E-state index in [2.05, 4.69) is 5.10 Å². The molecule has 2 unspecified atom stereocenters. The van der Waals surface area contributed by atoms with Crippen LogP contribution in [0.4, 0.5) is 0 Å². The highest BCUT2D eigenvalue weighted by atomic mass is 16.5. The number of carbonyl (C=O) groups excluding carboxylic acids is 2. The van der Waals surface area contributed by atoms with Crippen molar-refractivity contribution in [2.24, 2.45) is 0 Å². The van der Waals surface area contributed by atoms with Gasteiger partial charge in [0.05, 0.1) is 17.9 Å². The Labute approximate surface area is 181 Å². The van der Waals surface area contributed by atoms with Gasteiger partial charge in [-0.3, -0.25) is 4.79 Å². The molecular weight excluding hydrogens is 394 g/mol. The Kier molecular flexibility index (Phi) is 6.13. The third-order valence-electron chi connectivity index (χ3n) is 5.10. The summed E-state index contributed by atoms with van der Waals surface area (Å²) in [4.78, 5) is 27.2. The van der Waals surface area contributed by atoms with E-state index in [-0.39, 0.29) is 24.7 Å². The van der Waals surface area contributed by atoms with E-state index in [1.54, 1.807) is 15.8 Å². The van der Waals surface area contributed by atoms with Crippen LogP contribution in [0, 0.1) is 0 Å². The zero-order chi connectivity index (χ0) is 21.8. The molecule has 0 N–H and O–H groups in total. The molecule has 31 heavy (non-hydrogen) atoms. The smallest absolute Gasteiger partial charge is 0.342 e. The summed E-state index contributed by atoms with van der Waals surface area (Å²) in [6.07, 6.45) is 1.55. The molecule has 3 aromatic rings. The molecule has 1 fully saturated rings. The number of morpholine rings is 1. The molecule has 1 saturated heterocycles. The summed E-state index contributed by atoms with van der Waals surface area (Å²) >= 11 is 0. The first kappa shape index (κ1) is 20.8. The molecule has 7 nitrogen and oxygen atoms in total. The van der Waals surface area contributed by atoms with E-state index in [4.69, 9.17) is 9.47 Å². The Morgan fingerprint density at radius 3 is 2.26 bits per heavy atom. The van der Waals surface area contributed by atoms with Crippen LogP contribution in [0.2, 0.25) is 0 Å². The van der Waals surface area contributed by atoms with E-state index in [9.17, 15) is 9.59 Å². The molecule has 2 atom stereocenters. The zero-order valence-corrected chi connectivity index (χ0v) is 17.6. The van der Waals surface area contributed by atoms with Gasteiger partial charge in [-0.15, -0.1) is 0 Å². The highest BCUT2D eigenvalue weighted by Gasteiger charge is 2.27. The molecular formula is C24H25N3O4. The molecule has 1 aromatic heterocycles. The van der Waals surface area contributed by atoms with E-state index in [0.717, 1.165) is 11.3 Å². The van der Waals surface area contributed by atoms with Crippen molar-refractivity contribution in [1.29, 1.82) is 0 Å². The minimum absolute atomic E-state index is 0.0443. The van der Waals surface area contributed by atoms with Gasteiger partial charge < -0.3 is 14.4 Å². The number of esters is 1. The Hall–Kier alpha value is -3.45. The summed E-state index contributed by atoms with van der Waals surface area (Å²) in [7, 11) is 0. The third kappa shape index (κ3) is 4.83. The third-order valence-corrected chi connectivity index (χ3v) is 5.10. The molecule has 0 saturated carbocycles. The lowest BCUT2D eigenvalue weighted by molar-refractivity contribution is -0.146. The largest absolute Gasteiger partial charge is 0.452 e. The standard InChI is InChI=1S/C24H25N3O4/c1-17-13-26(14-18(2)31-17)22(28)16-30-24(29)21-15-27(20-11-7-4-8-12-20)25-23(21)19-9-5-3-6-10-19/h3-12,15,17-18H,13-14,16H2,1-2H3. The van der Waals surface area contributed by atoms with Crippen molar-refractivity contribution >= 4 is 11.9 Å². The van der Waals surface area contributed by atoms with Crippen molar-refractivity contribution in [2.75, 3.05) is 19.7 Å². The van der Waals surface area contributed by atoms with Crippen molar-refractivity contribution in [1.82, 2.24) is 14.7 Å². The van der Waals surface area contributed by atoms with Crippen LogP contribution in [0.5, 0.6) is 0 Å². The second kappa shape index (κ2) is 9.14. The Balaban J connectivity index is 1.54. The Morgan fingerprint density at radius 1 is 1.00 bits per heavy atom. The fourth-order valence-corrected chi connectivity index (χ4v) is 3.72. The normalized spacial score (nSPS) is 18.6. The number of ether oxygens (including phenoxy) is 2. The summed E-state index contributed by atoms with van der Waals surface area (Å²) in [5.41, 5.74) is 2.44. The van der Waals surface area contributed by atoms with E-state index in [1.165, 1.54) is 0 Å². The predicted octanol–water partition coefficient (Wildman–Crippen LogP) is 3.33. The SMILES string of the molecule is CC1CN(C(=O)COC(=O)c2cn(-c3ccccc3)nc2-c2ccccc2)CC(C)O1. The lowest BCUT2D eigenvalue weighted by Crippen LogP contribution is -2.49. The minimum atomic E-state index is -0.580. The van der Waals surface area contributed by atoms with Crippen LogP contribution >= 0.6 is 0 Å². The first-order valence-corrected chi connectivity index (χ1v) is 10.3. The van der Waals surface area contributed by atoms with Gasteiger partial charge in [-0.05, 0) is 26.0 Å².